The maximum absolute atomic E-state index is 10.2. The predicted molar refractivity (Wildman–Crippen MR) is 37.3 cm³/mol. The van der Waals surface area contributed by atoms with Crippen molar-refractivity contribution in [2.24, 2.45) is 10.7 Å². The number of rotatable bonds is 0. The molecule has 4 nitrogen and oxygen atoms in total. The summed E-state index contributed by atoms with van der Waals surface area (Å²) in [5, 5.41) is 1.72. The molecule has 0 fully saturated rings. The van der Waals surface area contributed by atoms with Crippen molar-refractivity contribution in [3.63, 3.8) is 0 Å². The minimum Gasteiger partial charge on any atom is -0.350 e. The number of carbonyl (C=O) groups excluding carboxylic acids is 1. The molecule has 2 amide bonds. The van der Waals surface area contributed by atoms with E-state index in [1.54, 1.807) is 11.6 Å². The van der Waals surface area contributed by atoms with Gasteiger partial charge in [-0.2, -0.15) is 4.99 Å². The molecule has 0 saturated carbocycles. The van der Waals surface area contributed by atoms with E-state index in [0.717, 1.165) is 0 Å². The summed E-state index contributed by atoms with van der Waals surface area (Å²) in [6.07, 6.45) is 3.10. The van der Waals surface area contributed by atoms with Gasteiger partial charge in [0.05, 0.1) is 6.20 Å². The maximum Gasteiger partial charge on any atom is 0.339 e. The van der Waals surface area contributed by atoms with Crippen molar-refractivity contribution in [1.82, 2.24) is 4.98 Å². The van der Waals surface area contributed by atoms with Crippen molar-refractivity contribution in [3.05, 3.63) is 22.4 Å². The number of urea groups is 1. The Hall–Kier alpha value is -1.23. The second-order valence-electron chi connectivity index (χ2n) is 1.47. The second kappa shape index (κ2) is 3.07. The Morgan fingerprint density at radius 2 is 2.60 bits per heavy atom. The third-order valence-corrected chi connectivity index (χ3v) is 1.44. The van der Waals surface area contributed by atoms with Gasteiger partial charge in [0.15, 0.2) is 0 Å². The third kappa shape index (κ3) is 1.94. The fourth-order valence-electron chi connectivity index (χ4n) is 0.436. The normalized spacial score (nSPS) is 11.4. The van der Waals surface area contributed by atoms with Gasteiger partial charge < -0.3 is 5.73 Å². The van der Waals surface area contributed by atoms with E-state index in [1.807, 2.05) is 0 Å². The van der Waals surface area contributed by atoms with Crippen LogP contribution in [0, 0.1) is 0 Å². The number of hydrogen-bond acceptors (Lipinski definition) is 3. The first-order valence-electron chi connectivity index (χ1n) is 2.52. The standard InChI is InChI=1S/C5H5N3OS/c6-5(9)8-4-3-7-1-2-10-4/h1-3H,(H2,6,9). The molecule has 0 unspecified atom stereocenters. The lowest BCUT2D eigenvalue weighted by Gasteiger charge is -1.80. The molecule has 0 radical (unpaired) electrons. The van der Waals surface area contributed by atoms with E-state index < -0.39 is 6.03 Å². The smallest absolute Gasteiger partial charge is 0.339 e. The van der Waals surface area contributed by atoms with Gasteiger partial charge in [-0.1, -0.05) is 0 Å². The molecule has 1 aromatic heterocycles. The number of amides is 2. The number of primary amides is 1. The van der Waals surface area contributed by atoms with Crippen LogP contribution in [0.5, 0.6) is 0 Å². The van der Waals surface area contributed by atoms with E-state index in [-0.39, 0.29) is 0 Å². The molecule has 0 saturated heterocycles. The number of aromatic nitrogens is 1. The van der Waals surface area contributed by atoms with Crippen molar-refractivity contribution in [2.75, 3.05) is 0 Å². The van der Waals surface area contributed by atoms with Crippen LogP contribution in [0.25, 0.3) is 0 Å². The van der Waals surface area contributed by atoms with Gasteiger partial charge >= 0.3 is 6.03 Å². The molecule has 0 atom stereocenters. The first-order chi connectivity index (χ1) is 4.79. The molecule has 1 rings (SSSR count). The zero-order chi connectivity index (χ0) is 7.40. The maximum atomic E-state index is 10.2. The average Bonchev–Trinajstić information content (AvgIpc) is 1.88. The molecular formula is C5H5N3OS. The van der Waals surface area contributed by atoms with E-state index in [9.17, 15) is 4.79 Å². The average molecular weight is 155 g/mol. The van der Waals surface area contributed by atoms with Crippen molar-refractivity contribution in [2.45, 2.75) is 0 Å². The van der Waals surface area contributed by atoms with E-state index >= 15 is 0 Å². The van der Waals surface area contributed by atoms with Crippen LogP contribution < -0.4 is 10.4 Å². The van der Waals surface area contributed by atoms with Crippen LogP contribution in [0.1, 0.15) is 0 Å². The molecule has 1 aromatic rings. The monoisotopic (exact) mass is 155 g/mol. The fraction of sp³-hybridized carbons (Fsp3) is 0. The summed E-state index contributed by atoms with van der Waals surface area (Å²) < 4.78 is 0.523. The predicted octanol–water partition coefficient (Wildman–Crippen LogP) is 0.122. The molecule has 52 valence electrons. The zero-order valence-electron chi connectivity index (χ0n) is 5.02. The Balaban J connectivity index is 3.06. The topological polar surface area (TPSA) is 68.3 Å². The molecule has 0 aliphatic carbocycles. The summed E-state index contributed by atoms with van der Waals surface area (Å²) in [4.78, 5) is 17.4. The first-order valence-corrected chi connectivity index (χ1v) is 3.40. The van der Waals surface area contributed by atoms with Crippen molar-refractivity contribution in [1.29, 1.82) is 0 Å². The van der Waals surface area contributed by atoms with E-state index in [1.165, 1.54) is 17.5 Å². The van der Waals surface area contributed by atoms with Gasteiger partial charge in [0.25, 0.3) is 0 Å². The fourth-order valence-corrected chi connectivity index (χ4v) is 0.971. The van der Waals surface area contributed by atoms with Crippen molar-refractivity contribution >= 4 is 17.4 Å². The van der Waals surface area contributed by atoms with E-state index in [4.69, 9.17) is 5.73 Å². The quantitative estimate of drug-likeness (QED) is 0.578. The highest BCUT2D eigenvalue weighted by atomic mass is 32.1. The Bertz CT molecular complexity index is 275. The Labute approximate surface area is 61.1 Å². The summed E-state index contributed by atoms with van der Waals surface area (Å²) in [6, 6.07) is -0.691. The highest BCUT2D eigenvalue weighted by Crippen LogP contribution is 1.80. The minimum absolute atomic E-state index is 0.523. The van der Waals surface area contributed by atoms with Crippen LogP contribution in [0.15, 0.2) is 22.8 Å². The molecule has 5 heteroatoms. The van der Waals surface area contributed by atoms with Gasteiger partial charge in [0, 0.05) is 11.6 Å². The molecule has 10 heavy (non-hydrogen) atoms. The molecule has 0 bridgehead atoms. The van der Waals surface area contributed by atoms with Gasteiger partial charge in [-0.25, -0.2) is 4.79 Å². The largest absolute Gasteiger partial charge is 0.350 e. The Morgan fingerprint density at radius 1 is 1.80 bits per heavy atom. The van der Waals surface area contributed by atoms with Gasteiger partial charge in [-0.15, -0.1) is 11.3 Å². The van der Waals surface area contributed by atoms with Gasteiger partial charge in [0.2, 0.25) is 0 Å². The first kappa shape index (κ1) is 6.88. The van der Waals surface area contributed by atoms with E-state index in [0.29, 0.717) is 4.67 Å². The number of nitrogens with zero attached hydrogens (tertiary/aromatic N) is 2. The molecular weight excluding hydrogens is 150 g/mol. The molecule has 0 aliphatic rings. The number of carbonyl (C=O) groups is 1. The molecule has 0 aliphatic heterocycles. The van der Waals surface area contributed by atoms with Crippen LogP contribution in [-0.2, 0) is 0 Å². The SMILES string of the molecule is NC(=O)N=c1cnccs1. The summed E-state index contributed by atoms with van der Waals surface area (Å²) in [6.45, 7) is 0. The third-order valence-electron chi connectivity index (χ3n) is 0.741. The van der Waals surface area contributed by atoms with Crippen molar-refractivity contribution < 1.29 is 4.79 Å². The minimum atomic E-state index is -0.691. The number of nitrogens with two attached hydrogens (primary N) is 1. The summed E-state index contributed by atoms with van der Waals surface area (Å²) in [5.74, 6) is 0. The lowest BCUT2D eigenvalue weighted by molar-refractivity contribution is 0.256. The Kier molecular flexibility index (Phi) is 2.11. The van der Waals surface area contributed by atoms with Crippen LogP contribution in [0.4, 0.5) is 4.79 Å². The van der Waals surface area contributed by atoms with Crippen LogP contribution in [0.3, 0.4) is 0 Å². The highest BCUT2D eigenvalue weighted by Gasteiger charge is 1.84. The lowest BCUT2D eigenvalue weighted by Crippen LogP contribution is -2.09. The van der Waals surface area contributed by atoms with Crippen LogP contribution in [0.2, 0.25) is 0 Å². The molecule has 0 aromatic carbocycles. The van der Waals surface area contributed by atoms with Gasteiger partial charge in [-0.05, 0) is 0 Å². The van der Waals surface area contributed by atoms with Crippen LogP contribution in [-0.4, -0.2) is 11.0 Å². The lowest BCUT2D eigenvalue weighted by atomic mass is 10.9. The number of hydrogen-bond donors (Lipinski definition) is 1. The van der Waals surface area contributed by atoms with Gasteiger partial charge in [-0.3, -0.25) is 4.98 Å². The second-order valence-corrected chi connectivity index (χ2v) is 2.40. The zero-order valence-corrected chi connectivity index (χ0v) is 5.84. The summed E-state index contributed by atoms with van der Waals surface area (Å²) >= 11 is 1.31. The molecule has 0 spiro atoms. The summed E-state index contributed by atoms with van der Waals surface area (Å²) in [5.41, 5.74) is 4.80. The van der Waals surface area contributed by atoms with Crippen molar-refractivity contribution in [3.8, 4) is 0 Å². The van der Waals surface area contributed by atoms with E-state index in [2.05, 4.69) is 9.98 Å². The summed E-state index contributed by atoms with van der Waals surface area (Å²) in [7, 11) is 0. The molecule has 2 N–H and O–H groups in total. The van der Waals surface area contributed by atoms with Gasteiger partial charge in [0.1, 0.15) is 4.67 Å². The highest BCUT2D eigenvalue weighted by molar-refractivity contribution is 7.07. The Morgan fingerprint density at radius 3 is 3.10 bits per heavy atom. The van der Waals surface area contributed by atoms with Crippen LogP contribution >= 0.6 is 11.3 Å². The molecule has 1 heterocycles.